The van der Waals surface area contributed by atoms with E-state index in [1.165, 1.54) is 0 Å². The molecule has 0 saturated heterocycles. The van der Waals surface area contributed by atoms with Crippen LogP contribution in [0.25, 0.3) is 0 Å². The number of ether oxygens (including phenoxy) is 1. The molecule has 0 heterocycles. The minimum Gasteiger partial charge on any atom is -0.507 e. The summed E-state index contributed by atoms with van der Waals surface area (Å²) in [6, 6.07) is 14.7. The van der Waals surface area contributed by atoms with Gasteiger partial charge in [-0.15, -0.1) is 11.8 Å². The van der Waals surface area contributed by atoms with Crippen molar-refractivity contribution in [3.8, 4) is 11.5 Å². The highest BCUT2D eigenvalue weighted by Gasteiger charge is 2.02. The van der Waals surface area contributed by atoms with Gasteiger partial charge in [-0.05, 0) is 24.3 Å². The third-order valence-corrected chi connectivity index (χ3v) is 3.64. The molecule has 0 radical (unpaired) electrons. The van der Waals surface area contributed by atoms with E-state index in [4.69, 9.17) is 16.3 Å². The van der Waals surface area contributed by atoms with Gasteiger partial charge in [-0.25, -0.2) is 0 Å². The Morgan fingerprint density at radius 3 is 2.56 bits per heavy atom. The second kappa shape index (κ2) is 6.57. The molecular weight excluding hydrogens is 268 g/mol. The molecule has 1 N–H and O–H groups in total. The number of hydrogen-bond donors (Lipinski definition) is 1. The molecule has 0 aliphatic heterocycles. The predicted molar refractivity (Wildman–Crippen MR) is 75.8 cm³/mol. The summed E-state index contributed by atoms with van der Waals surface area (Å²) >= 11 is 7.53. The number of para-hydroxylation sites is 2. The molecule has 4 heteroatoms. The molecule has 0 aliphatic carbocycles. The summed E-state index contributed by atoms with van der Waals surface area (Å²) in [5.74, 6) is 1.75. The topological polar surface area (TPSA) is 29.5 Å². The van der Waals surface area contributed by atoms with E-state index in [0.29, 0.717) is 23.1 Å². The molecule has 0 saturated carbocycles. The number of rotatable bonds is 5. The van der Waals surface area contributed by atoms with Gasteiger partial charge in [-0.3, -0.25) is 0 Å². The van der Waals surface area contributed by atoms with Gasteiger partial charge < -0.3 is 9.84 Å². The molecule has 0 atom stereocenters. The largest absolute Gasteiger partial charge is 0.507 e. The summed E-state index contributed by atoms with van der Waals surface area (Å²) in [5, 5.41) is 10.2. The van der Waals surface area contributed by atoms with E-state index in [1.807, 2.05) is 30.3 Å². The molecule has 18 heavy (non-hydrogen) atoms. The van der Waals surface area contributed by atoms with Crippen LogP contribution in [-0.2, 0) is 0 Å². The monoisotopic (exact) mass is 280 g/mol. The number of thioether (sulfide) groups is 1. The van der Waals surface area contributed by atoms with Crippen molar-refractivity contribution in [3.63, 3.8) is 0 Å². The molecule has 0 bridgehead atoms. The number of phenolic OH excluding ortho intramolecular Hbond substituents is 1. The Kier molecular flexibility index (Phi) is 4.79. The first kappa shape index (κ1) is 13.1. The van der Waals surface area contributed by atoms with Crippen molar-refractivity contribution in [2.45, 2.75) is 4.90 Å². The standard InChI is InChI=1S/C14H13ClO2S/c15-11-5-1-3-7-13(11)17-9-10-18-14-8-4-2-6-12(14)16/h1-8,16H,9-10H2. The number of halogens is 1. The van der Waals surface area contributed by atoms with Crippen molar-refractivity contribution in [3.05, 3.63) is 53.6 Å². The Morgan fingerprint density at radius 1 is 1.06 bits per heavy atom. The van der Waals surface area contributed by atoms with Crippen molar-refractivity contribution in [2.24, 2.45) is 0 Å². The lowest BCUT2D eigenvalue weighted by Crippen LogP contribution is -2.00. The lowest BCUT2D eigenvalue weighted by Gasteiger charge is -2.08. The van der Waals surface area contributed by atoms with E-state index < -0.39 is 0 Å². The fourth-order valence-corrected chi connectivity index (χ4v) is 2.41. The van der Waals surface area contributed by atoms with E-state index >= 15 is 0 Å². The molecule has 0 unspecified atom stereocenters. The smallest absolute Gasteiger partial charge is 0.137 e. The van der Waals surface area contributed by atoms with Gasteiger partial charge in [0.1, 0.15) is 11.5 Å². The summed E-state index contributed by atoms with van der Waals surface area (Å²) in [6.45, 7) is 0.544. The van der Waals surface area contributed by atoms with E-state index in [0.717, 1.165) is 10.6 Å². The zero-order valence-electron chi connectivity index (χ0n) is 9.67. The van der Waals surface area contributed by atoms with Gasteiger partial charge in [-0.2, -0.15) is 0 Å². The molecule has 0 fully saturated rings. The molecular formula is C14H13ClO2S. The first-order valence-corrected chi connectivity index (χ1v) is 6.92. The quantitative estimate of drug-likeness (QED) is 0.657. The first-order valence-electron chi connectivity index (χ1n) is 5.55. The molecule has 2 nitrogen and oxygen atoms in total. The van der Waals surface area contributed by atoms with Crippen LogP contribution in [-0.4, -0.2) is 17.5 Å². The van der Waals surface area contributed by atoms with Crippen LogP contribution in [0.5, 0.6) is 11.5 Å². The summed E-state index contributed by atoms with van der Waals surface area (Å²) < 4.78 is 5.56. The zero-order chi connectivity index (χ0) is 12.8. The van der Waals surface area contributed by atoms with Gasteiger partial charge in [0.25, 0.3) is 0 Å². The second-order valence-corrected chi connectivity index (χ2v) is 5.14. The van der Waals surface area contributed by atoms with Crippen molar-refractivity contribution in [1.82, 2.24) is 0 Å². The van der Waals surface area contributed by atoms with E-state index in [2.05, 4.69) is 0 Å². The average Bonchev–Trinajstić information content (AvgIpc) is 2.38. The number of benzene rings is 2. The molecule has 2 rings (SSSR count). The van der Waals surface area contributed by atoms with E-state index in [1.54, 1.807) is 30.0 Å². The minimum absolute atomic E-state index is 0.306. The highest BCUT2D eigenvalue weighted by Crippen LogP contribution is 2.28. The van der Waals surface area contributed by atoms with Crippen molar-refractivity contribution < 1.29 is 9.84 Å². The molecule has 0 spiro atoms. The Hall–Kier alpha value is -1.32. The molecule has 2 aromatic rings. The third-order valence-electron chi connectivity index (χ3n) is 2.30. The van der Waals surface area contributed by atoms with Crippen LogP contribution in [0.1, 0.15) is 0 Å². The summed E-state index contributed by atoms with van der Waals surface area (Å²) in [7, 11) is 0. The normalized spacial score (nSPS) is 10.3. The Balaban J connectivity index is 1.80. The average molecular weight is 281 g/mol. The molecule has 0 aliphatic rings. The minimum atomic E-state index is 0.306. The van der Waals surface area contributed by atoms with Crippen molar-refractivity contribution >= 4 is 23.4 Å². The highest BCUT2D eigenvalue weighted by atomic mass is 35.5. The van der Waals surface area contributed by atoms with Crippen LogP contribution in [0.15, 0.2) is 53.4 Å². The number of phenols is 1. The van der Waals surface area contributed by atoms with Crippen LogP contribution in [0.4, 0.5) is 0 Å². The maximum absolute atomic E-state index is 9.59. The fraction of sp³-hybridized carbons (Fsp3) is 0.143. The SMILES string of the molecule is Oc1ccccc1SCCOc1ccccc1Cl. The third kappa shape index (κ3) is 3.59. The summed E-state index contributed by atoms with van der Waals surface area (Å²) in [5.41, 5.74) is 0. The van der Waals surface area contributed by atoms with E-state index in [-0.39, 0.29) is 0 Å². The van der Waals surface area contributed by atoms with Gasteiger partial charge in [0.05, 0.1) is 11.6 Å². The van der Waals surface area contributed by atoms with Crippen molar-refractivity contribution in [2.75, 3.05) is 12.4 Å². The van der Waals surface area contributed by atoms with Crippen LogP contribution in [0.2, 0.25) is 5.02 Å². The first-order chi connectivity index (χ1) is 8.77. The lowest BCUT2D eigenvalue weighted by atomic mass is 10.3. The Morgan fingerprint density at radius 2 is 1.78 bits per heavy atom. The predicted octanol–water partition coefficient (Wildman–Crippen LogP) is 4.22. The van der Waals surface area contributed by atoms with Gasteiger partial charge in [0, 0.05) is 10.6 Å². The van der Waals surface area contributed by atoms with Crippen molar-refractivity contribution in [1.29, 1.82) is 0 Å². The maximum Gasteiger partial charge on any atom is 0.137 e. The van der Waals surface area contributed by atoms with Crippen LogP contribution in [0, 0.1) is 0 Å². The number of hydrogen-bond acceptors (Lipinski definition) is 3. The molecule has 0 amide bonds. The lowest BCUT2D eigenvalue weighted by molar-refractivity contribution is 0.344. The summed E-state index contributed by atoms with van der Waals surface area (Å²) in [4.78, 5) is 0.861. The van der Waals surface area contributed by atoms with Crippen LogP contribution >= 0.6 is 23.4 Å². The van der Waals surface area contributed by atoms with Gasteiger partial charge in [0.15, 0.2) is 0 Å². The fourth-order valence-electron chi connectivity index (χ4n) is 1.44. The molecule has 94 valence electrons. The zero-order valence-corrected chi connectivity index (χ0v) is 11.2. The van der Waals surface area contributed by atoms with Gasteiger partial charge in [-0.1, -0.05) is 35.9 Å². The Labute approximate surface area is 116 Å². The molecule has 2 aromatic carbocycles. The van der Waals surface area contributed by atoms with Crippen LogP contribution < -0.4 is 4.74 Å². The molecule has 0 aromatic heterocycles. The number of aromatic hydroxyl groups is 1. The maximum atomic E-state index is 9.59. The summed E-state index contributed by atoms with van der Waals surface area (Å²) in [6.07, 6.45) is 0. The second-order valence-electron chi connectivity index (χ2n) is 3.60. The van der Waals surface area contributed by atoms with E-state index in [9.17, 15) is 5.11 Å². The highest BCUT2D eigenvalue weighted by molar-refractivity contribution is 7.99. The van der Waals surface area contributed by atoms with Crippen LogP contribution in [0.3, 0.4) is 0 Å². The van der Waals surface area contributed by atoms with Gasteiger partial charge >= 0.3 is 0 Å². The van der Waals surface area contributed by atoms with Gasteiger partial charge in [0.2, 0.25) is 0 Å². The Bertz CT molecular complexity index is 469.